The van der Waals surface area contributed by atoms with E-state index in [1.165, 1.54) is 77.0 Å². The first-order valence-electron chi connectivity index (χ1n) is 20.1. The fourth-order valence-corrected chi connectivity index (χ4v) is 5.57. The van der Waals surface area contributed by atoms with Crippen LogP contribution in [0.1, 0.15) is 181 Å². The van der Waals surface area contributed by atoms with Crippen molar-refractivity contribution in [1.82, 2.24) is 0 Å². The van der Waals surface area contributed by atoms with Gasteiger partial charge in [-0.1, -0.05) is 166 Å². The van der Waals surface area contributed by atoms with E-state index in [4.69, 9.17) is 9.47 Å². The Hall–Kier alpha value is -2.18. The van der Waals surface area contributed by atoms with E-state index >= 15 is 0 Å². The van der Waals surface area contributed by atoms with Crippen molar-refractivity contribution in [3.63, 3.8) is 0 Å². The molecular weight excluding hydrogens is 612 g/mol. The minimum absolute atomic E-state index is 0.0967. The van der Waals surface area contributed by atoms with Crippen LogP contribution in [0.3, 0.4) is 0 Å². The zero-order valence-corrected chi connectivity index (χ0v) is 32.0. The largest absolute Gasteiger partial charge is 0.462 e. The van der Waals surface area contributed by atoms with Gasteiger partial charge in [0.1, 0.15) is 6.61 Å². The summed E-state index contributed by atoms with van der Waals surface area (Å²) in [6.07, 6.45) is 42.4. The summed E-state index contributed by atoms with van der Waals surface area (Å²) in [5.74, 6) is 0.170. The van der Waals surface area contributed by atoms with Gasteiger partial charge in [-0.3, -0.25) is 9.59 Å². The molecule has 0 saturated heterocycles. The number of ether oxygens (including phenoxy) is 2. The zero-order chi connectivity index (χ0) is 36.0. The van der Waals surface area contributed by atoms with E-state index in [1.54, 1.807) is 0 Å². The summed E-state index contributed by atoms with van der Waals surface area (Å²) >= 11 is 0. The van der Waals surface area contributed by atoms with Crippen molar-refractivity contribution < 1.29 is 29.3 Å². The Morgan fingerprint density at radius 2 is 1.06 bits per heavy atom. The summed E-state index contributed by atoms with van der Waals surface area (Å²) < 4.78 is 10.6. The average molecular weight is 689 g/mol. The lowest BCUT2D eigenvalue weighted by molar-refractivity contribution is -0.161. The quantitative estimate of drug-likeness (QED) is 0.0391. The number of rotatable bonds is 35. The van der Waals surface area contributed by atoms with Gasteiger partial charge >= 0.3 is 11.9 Å². The van der Waals surface area contributed by atoms with Gasteiger partial charge in [0.25, 0.3) is 0 Å². The molecule has 0 aliphatic rings. The van der Waals surface area contributed by atoms with Crippen molar-refractivity contribution in [2.24, 2.45) is 5.92 Å². The average Bonchev–Trinajstić information content (AvgIpc) is 3.08. The molecule has 1 unspecified atom stereocenters. The molecule has 6 nitrogen and oxygen atoms in total. The van der Waals surface area contributed by atoms with Gasteiger partial charge in [0.05, 0.1) is 12.7 Å². The van der Waals surface area contributed by atoms with Crippen molar-refractivity contribution >= 4 is 11.9 Å². The fourth-order valence-electron chi connectivity index (χ4n) is 5.57. The first kappa shape index (κ1) is 46.8. The molecular formula is C43H76O6. The second kappa shape index (κ2) is 37.1. The summed E-state index contributed by atoms with van der Waals surface area (Å²) in [5, 5.41) is 19.2. The number of aliphatic hydroxyl groups excluding tert-OH is 2. The molecule has 2 N–H and O–H groups in total. The van der Waals surface area contributed by atoms with Gasteiger partial charge in [-0.25, -0.2) is 0 Å². The highest BCUT2D eigenvalue weighted by Gasteiger charge is 2.16. The highest BCUT2D eigenvalue weighted by molar-refractivity contribution is 5.70. The number of esters is 2. The first-order chi connectivity index (χ1) is 23.9. The van der Waals surface area contributed by atoms with Gasteiger partial charge in [-0.05, 0) is 57.3 Å². The smallest absolute Gasteiger partial charge is 0.306 e. The van der Waals surface area contributed by atoms with Gasteiger partial charge in [0, 0.05) is 12.8 Å². The van der Waals surface area contributed by atoms with Gasteiger partial charge in [0.15, 0.2) is 6.10 Å². The lowest BCUT2D eigenvalue weighted by Crippen LogP contribution is -2.28. The van der Waals surface area contributed by atoms with E-state index in [2.05, 4.69) is 69.4 Å². The lowest BCUT2D eigenvalue weighted by atomic mass is 10.0. The summed E-state index contributed by atoms with van der Waals surface area (Å²) in [6, 6.07) is 0. The van der Waals surface area contributed by atoms with Crippen LogP contribution < -0.4 is 0 Å². The van der Waals surface area contributed by atoms with Crippen LogP contribution in [-0.4, -0.2) is 47.6 Å². The van der Waals surface area contributed by atoms with Crippen molar-refractivity contribution in [1.29, 1.82) is 0 Å². The van der Waals surface area contributed by atoms with Crippen LogP contribution in [0.25, 0.3) is 0 Å². The van der Waals surface area contributed by atoms with Crippen molar-refractivity contribution in [3.05, 3.63) is 48.6 Å². The highest BCUT2D eigenvalue weighted by Crippen LogP contribution is 2.15. The molecule has 2 atom stereocenters. The van der Waals surface area contributed by atoms with Crippen LogP contribution >= 0.6 is 0 Å². The zero-order valence-electron chi connectivity index (χ0n) is 32.0. The number of carbonyl (C=O) groups is 2. The number of hydrogen-bond donors (Lipinski definition) is 2. The highest BCUT2D eigenvalue weighted by atomic mass is 16.6. The summed E-state index contributed by atoms with van der Waals surface area (Å²) in [6.45, 7) is 6.24. The Bertz CT molecular complexity index is 858. The van der Waals surface area contributed by atoms with Crippen LogP contribution in [0, 0.1) is 5.92 Å². The predicted molar refractivity (Wildman–Crippen MR) is 206 cm³/mol. The Kier molecular flexibility index (Phi) is 35.4. The summed E-state index contributed by atoms with van der Waals surface area (Å²) in [4.78, 5) is 24.2. The third-order valence-corrected chi connectivity index (χ3v) is 8.61. The van der Waals surface area contributed by atoms with E-state index in [0.717, 1.165) is 70.1 Å². The number of allylic oxidation sites excluding steroid dienone is 7. The Balaban J connectivity index is 3.66. The first-order valence-corrected chi connectivity index (χ1v) is 20.1. The van der Waals surface area contributed by atoms with Crippen LogP contribution in [0.2, 0.25) is 0 Å². The van der Waals surface area contributed by atoms with Crippen molar-refractivity contribution in [2.75, 3.05) is 13.2 Å². The molecule has 6 heteroatoms. The van der Waals surface area contributed by atoms with Gasteiger partial charge in [-0.15, -0.1) is 0 Å². The van der Waals surface area contributed by atoms with Crippen LogP contribution in [0.4, 0.5) is 0 Å². The van der Waals surface area contributed by atoms with Crippen LogP contribution in [0.5, 0.6) is 0 Å². The molecule has 0 bridgehead atoms. The second-order valence-electron chi connectivity index (χ2n) is 14.0. The summed E-state index contributed by atoms with van der Waals surface area (Å²) in [7, 11) is 0. The molecule has 0 rings (SSSR count). The van der Waals surface area contributed by atoms with Gasteiger partial charge in [-0.2, -0.15) is 0 Å². The van der Waals surface area contributed by atoms with Gasteiger partial charge in [0.2, 0.25) is 0 Å². The Morgan fingerprint density at radius 3 is 1.57 bits per heavy atom. The normalized spacial score (nSPS) is 13.4. The molecule has 0 fully saturated rings. The topological polar surface area (TPSA) is 93.1 Å². The van der Waals surface area contributed by atoms with Crippen LogP contribution in [0.15, 0.2) is 48.6 Å². The molecule has 0 aromatic heterocycles. The molecule has 0 aromatic rings. The second-order valence-corrected chi connectivity index (χ2v) is 14.0. The molecule has 0 aliphatic heterocycles. The third-order valence-electron chi connectivity index (χ3n) is 8.61. The van der Waals surface area contributed by atoms with Crippen molar-refractivity contribution in [2.45, 2.75) is 193 Å². The SMILES string of the molecule is CCCC(O)C/C=C\C/C=C\C/C=C\C/C=C\CCCC(=O)O[C@@H](CO)COC(=O)CCCCCCCCCCCCCCCCC(C)C. The van der Waals surface area contributed by atoms with E-state index in [0.29, 0.717) is 12.8 Å². The molecule has 0 aliphatic carbocycles. The maximum atomic E-state index is 12.1. The lowest BCUT2D eigenvalue weighted by Gasteiger charge is -2.15. The molecule has 49 heavy (non-hydrogen) atoms. The van der Waals surface area contributed by atoms with E-state index in [9.17, 15) is 19.8 Å². The minimum atomic E-state index is -0.810. The van der Waals surface area contributed by atoms with Gasteiger partial charge < -0.3 is 19.7 Å². The number of unbranched alkanes of at least 4 members (excludes halogenated alkanes) is 14. The van der Waals surface area contributed by atoms with E-state index in [-0.39, 0.29) is 37.7 Å². The summed E-state index contributed by atoms with van der Waals surface area (Å²) in [5.41, 5.74) is 0. The number of hydrogen-bond acceptors (Lipinski definition) is 6. The number of carbonyl (C=O) groups excluding carboxylic acids is 2. The maximum absolute atomic E-state index is 12.1. The predicted octanol–water partition coefficient (Wildman–Crippen LogP) is 11.4. The molecule has 284 valence electrons. The minimum Gasteiger partial charge on any atom is -0.462 e. The third kappa shape index (κ3) is 36.9. The molecule has 0 radical (unpaired) electrons. The molecule has 0 amide bonds. The van der Waals surface area contributed by atoms with E-state index < -0.39 is 6.10 Å². The molecule has 0 aromatic carbocycles. The number of aliphatic hydroxyl groups is 2. The standard InChI is InChI=1S/C43H76O6/c1-4-32-40(45)34-29-25-21-17-13-9-7-11-15-19-23-27-31-36-43(47)49-41(37-44)38-48-42(46)35-30-26-22-18-14-10-6-5-8-12-16-20-24-28-33-39(2)3/h7,11,13,17,19,23,25,29,39-41,44-45H,4-6,8-10,12,14-16,18,20-22,24,26-28,30-38H2,1-3H3/b11-7-,17-13-,23-19-,29-25-/t40?,41-/m0/s1. The van der Waals surface area contributed by atoms with Crippen molar-refractivity contribution in [3.8, 4) is 0 Å². The molecule has 0 spiro atoms. The molecule has 0 saturated carbocycles. The van der Waals surface area contributed by atoms with Crippen LogP contribution in [-0.2, 0) is 19.1 Å². The monoisotopic (exact) mass is 689 g/mol. The maximum Gasteiger partial charge on any atom is 0.306 e. The molecule has 0 heterocycles. The van der Waals surface area contributed by atoms with E-state index in [1.807, 2.05) is 0 Å². The Morgan fingerprint density at radius 1 is 0.592 bits per heavy atom. The fraction of sp³-hybridized carbons (Fsp3) is 0.767. The Labute approximate surface area is 301 Å².